The van der Waals surface area contributed by atoms with Gasteiger partial charge in [0, 0.05) is 25.2 Å². The van der Waals surface area contributed by atoms with Crippen LogP contribution in [0, 0.1) is 17.1 Å². The minimum Gasteiger partial charge on any atom is -0.453 e. The molecule has 0 spiro atoms. The molecule has 1 unspecified atom stereocenters. The number of nitrogens with one attached hydrogen (secondary N) is 1. The molecule has 1 atom stereocenters. The highest BCUT2D eigenvalue weighted by Gasteiger charge is 2.23. The van der Waals surface area contributed by atoms with Gasteiger partial charge in [-0.2, -0.15) is 5.26 Å². The van der Waals surface area contributed by atoms with Crippen molar-refractivity contribution in [1.82, 2.24) is 23.8 Å². The van der Waals surface area contributed by atoms with Crippen molar-refractivity contribution in [3.63, 3.8) is 0 Å². The maximum Gasteiger partial charge on any atom is 0.266 e. The van der Waals surface area contributed by atoms with Crippen LogP contribution in [0.2, 0.25) is 0 Å². The lowest BCUT2D eigenvalue weighted by Gasteiger charge is -2.17. The molecular weight excluding hydrogens is 520 g/mol. The molecule has 0 saturated carbocycles. The Morgan fingerprint density at radius 1 is 1.22 bits per heavy atom. The van der Waals surface area contributed by atoms with Gasteiger partial charge in [0.15, 0.2) is 16.7 Å². The number of rotatable bonds is 7. The van der Waals surface area contributed by atoms with E-state index in [-0.39, 0.29) is 34.6 Å². The van der Waals surface area contributed by atoms with E-state index in [0.717, 1.165) is 12.1 Å². The van der Waals surface area contributed by atoms with Gasteiger partial charge in [0.25, 0.3) is 5.56 Å². The Bertz CT molecular complexity index is 1560. The van der Waals surface area contributed by atoms with Crippen molar-refractivity contribution in [2.24, 2.45) is 0 Å². The molecule has 1 aliphatic heterocycles. The zero-order chi connectivity index (χ0) is 25.9. The van der Waals surface area contributed by atoms with Crippen LogP contribution in [0.15, 0.2) is 59.0 Å². The number of benzene rings is 2. The van der Waals surface area contributed by atoms with E-state index in [4.69, 9.17) is 4.74 Å². The third-order valence-electron chi connectivity index (χ3n) is 5.62. The predicted molar refractivity (Wildman–Crippen MR) is 138 cm³/mol. The van der Waals surface area contributed by atoms with Gasteiger partial charge in [0.05, 0.1) is 34.7 Å². The number of nitriles is 1. The molecule has 4 aromatic rings. The van der Waals surface area contributed by atoms with Crippen molar-refractivity contribution in [3.8, 4) is 23.3 Å². The van der Waals surface area contributed by atoms with E-state index in [0.29, 0.717) is 35.0 Å². The molecule has 0 radical (unpaired) electrons. The van der Waals surface area contributed by atoms with E-state index in [1.807, 2.05) is 12.3 Å². The normalized spacial score (nSPS) is 15.6. The van der Waals surface area contributed by atoms with Crippen molar-refractivity contribution < 1.29 is 13.5 Å². The van der Waals surface area contributed by atoms with Crippen LogP contribution in [0.25, 0.3) is 16.6 Å². The summed E-state index contributed by atoms with van der Waals surface area (Å²) < 4.78 is 40.1. The highest BCUT2D eigenvalue weighted by Crippen LogP contribution is 2.35. The Labute approximate surface area is 218 Å². The summed E-state index contributed by atoms with van der Waals surface area (Å²) >= 11 is 2.53. The number of fused-ring (bicyclic) bond motifs is 1. The van der Waals surface area contributed by atoms with Gasteiger partial charge in [0.2, 0.25) is 0 Å². The second-order valence-electron chi connectivity index (χ2n) is 8.01. The fourth-order valence-electron chi connectivity index (χ4n) is 3.74. The summed E-state index contributed by atoms with van der Waals surface area (Å²) in [4.78, 5) is 25.9. The Morgan fingerprint density at radius 3 is 2.73 bits per heavy atom. The average molecular weight is 540 g/mol. The number of aromatic nitrogens is 4. The van der Waals surface area contributed by atoms with Crippen molar-refractivity contribution in [2.45, 2.75) is 17.7 Å². The Morgan fingerprint density at radius 2 is 2.03 bits per heavy atom. The zero-order valence-corrected chi connectivity index (χ0v) is 21.0. The van der Waals surface area contributed by atoms with Gasteiger partial charge in [-0.25, -0.2) is 28.0 Å². The van der Waals surface area contributed by atoms with E-state index in [1.165, 1.54) is 59.3 Å². The number of ether oxygens (including phenoxy) is 1. The minimum absolute atomic E-state index is 0.0572. The van der Waals surface area contributed by atoms with Crippen LogP contribution in [0.1, 0.15) is 12.0 Å². The molecule has 0 amide bonds. The minimum atomic E-state index is -0.897. The summed E-state index contributed by atoms with van der Waals surface area (Å²) in [6.07, 6.45) is 5.82. The third-order valence-corrected chi connectivity index (χ3v) is 7.10. The van der Waals surface area contributed by atoms with Crippen molar-refractivity contribution in [3.05, 3.63) is 70.8 Å². The summed E-state index contributed by atoms with van der Waals surface area (Å²) in [5, 5.41) is 10.6. The van der Waals surface area contributed by atoms with Gasteiger partial charge in [-0.05, 0) is 43.0 Å². The van der Waals surface area contributed by atoms with E-state index in [2.05, 4.69) is 19.7 Å². The van der Waals surface area contributed by atoms with Gasteiger partial charge in [-0.3, -0.25) is 9.36 Å². The first-order chi connectivity index (χ1) is 18.0. The number of hydrogen-bond acceptors (Lipinski definition) is 10. The molecule has 9 nitrogen and oxygen atoms in total. The molecule has 1 N–H and O–H groups in total. The summed E-state index contributed by atoms with van der Waals surface area (Å²) in [7, 11) is 0. The number of thioether (sulfide) groups is 1. The molecule has 1 fully saturated rings. The molecular formula is C24H19F2N7O2S2. The van der Waals surface area contributed by atoms with E-state index in [1.54, 1.807) is 10.4 Å². The van der Waals surface area contributed by atoms with Gasteiger partial charge in [-0.1, -0.05) is 11.8 Å². The first kappa shape index (κ1) is 24.9. The van der Waals surface area contributed by atoms with Crippen LogP contribution in [0.3, 0.4) is 0 Å². The predicted octanol–water partition coefficient (Wildman–Crippen LogP) is 4.72. The zero-order valence-electron chi connectivity index (χ0n) is 19.4. The van der Waals surface area contributed by atoms with Crippen LogP contribution >= 0.6 is 23.9 Å². The topological polar surface area (TPSA) is 109 Å². The van der Waals surface area contributed by atoms with Crippen LogP contribution in [-0.4, -0.2) is 49.3 Å². The molecule has 5 rings (SSSR count). The molecule has 13 heteroatoms. The lowest BCUT2D eigenvalue weighted by molar-refractivity contribution is 0.349. The van der Waals surface area contributed by atoms with Gasteiger partial charge in [0.1, 0.15) is 29.9 Å². The van der Waals surface area contributed by atoms with Crippen LogP contribution in [-0.2, 0) is 0 Å². The Kier molecular flexibility index (Phi) is 7.22. The van der Waals surface area contributed by atoms with Crippen molar-refractivity contribution in [2.75, 3.05) is 24.1 Å². The number of hydrogen-bond donors (Lipinski definition) is 1. The number of halogens is 2. The summed E-state index contributed by atoms with van der Waals surface area (Å²) in [6, 6.07) is 9.12. The van der Waals surface area contributed by atoms with E-state index >= 15 is 0 Å². The monoisotopic (exact) mass is 539 g/mol. The van der Waals surface area contributed by atoms with Crippen LogP contribution in [0.5, 0.6) is 11.5 Å². The average Bonchev–Trinajstić information content (AvgIpc) is 3.34. The molecule has 2 aromatic carbocycles. The number of nitrogens with zero attached hydrogens (tertiary/aromatic N) is 6. The van der Waals surface area contributed by atoms with Gasteiger partial charge < -0.3 is 9.46 Å². The highest BCUT2D eigenvalue weighted by molar-refractivity contribution is 7.98. The van der Waals surface area contributed by atoms with Crippen LogP contribution < -0.4 is 15.0 Å². The highest BCUT2D eigenvalue weighted by atomic mass is 32.2. The van der Waals surface area contributed by atoms with Gasteiger partial charge >= 0.3 is 0 Å². The van der Waals surface area contributed by atoms with Crippen molar-refractivity contribution in [1.29, 1.82) is 5.26 Å². The molecule has 1 aliphatic rings. The lowest BCUT2D eigenvalue weighted by Crippen LogP contribution is -2.19. The second-order valence-corrected chi connectivity index (χ2v) is 9.68. The fraction of sp³-hybridized carbons (Fsp3) is 0.208. The summed E-state index contributed by atoms with van der Waals surface area (Å²) in [5.41, 5.74) is 0.734. The smallest absolute Gasteiger partial charge is 0.266 e. The fourth-order valence-corrected chi connectivity index (χ4v) is 4.89. The van der Waals surface area contributed by atoms with Gasteiger partial charge in [-0.15, -0.1) is 0 Å². The maximum atomic E-state index is 14.8. The largest absolute Gasteiger partial charge is 0.453 e. The summed E-state index contributed by atoms with van der Waals surface area (Å²) in [6.45, 7) is 0.822. The molecule has 3 heterocycles. The molecule has 37 heavy (non-hydrogen) atoms. The first-order valence-electron chi connectivity index (χ1n) is 11.1. The SMILES string of the molecule is CSc1ncc(-n2cnc3ccc(Oc4c(F)ccc(NSN5CCC(F)C5)c4C#N)cc3c2=O)cn1. The lowest BCUT2D eigenvalue weighted by atomic mass is 10.1. The van der Waals surface area contributed by atoms with Crippen molar-refractivity contribution >= 4 is 40.5 Å². The maximum absolute atomic E-state index is 14.8. The Hall–Kier alpha value is -3.73. The van der Waals surface area contributed by atoms with E-state index < -0.39 is 12.0 Å². The second kappa shape index (κ2) is 10.7. The molecule has 1 saturated heterocycles. The number of alkyl halides is 1. The Balaban J connectivity index is 1.45. The molecule has 0 aliphatic carbocycles. The standard InChI is InChI=1S/C24H19F2N7O2S2/c1-36-24-28-10-15(11-29-24)33-13-30-20-4-2-16(8-17(20)23(33)34)35-22-18(9-27)21(5-3-19(22)26)31-37-32-7-6-14(25)12-32/h2-5,8,10-11,13-14,31H,6-7,12H2,1H3. The van der Waals surface area contributed by atoms with E-state index in [9.17, 15) is 18.8 Å². The quantitative estimate of drug-likeness (QED) is 0.201. The molecule has 188 valence electrons. The van der Waals surface area contributed by atoms with Crippen LogP contribution in [0.4, 0.5) is 14.5 Å². The third kappa shape index (κ3) is 5.22. The first-order valence-corrected chi connectivity index (χ1v) is 13.1. The molecule has 0 bridgehead atoms. The summed E-state index contributed by atoms with van der Waals surface area (Å²) in [5.74, 6) is -0.882. The molecule has 2 aromatic heterocycles. The number of anilines is 1.